The summed E-state index contributed by atoms with van der Waals surface area (Å²) in [6.07, 6.45) is -0.909. The van der Waals surface area contributed by atoms with Gasteiger partial charge in [-0.05, 0) is 19.9 Å². The second kappa shape index (κ2) is 8.75. The van der Waals surface area contributed by atoms with Crippen LogP contribution in [0.25, 0.3) is 0 Å². The molecular formula is C19H20N2O5. The van der Waals surface area contributed by atoms with Gasteiger partial charge in [0.05, 0.1) is 11.3 Å². The Bertz CT molecular complexity index is 802. The SMILES string of the molecule is Cc1ccc(C(=O)C(C)OC(=O)CCNc2ccccc2[N+](=O)[O-])cc1. The Kier molecular flexibility index (Phi) is 6.43. The van der Waals surface area contributed by atoms with Crippen molar-refractivity contribution in [3.63, 3.8) is 0 Å². The highest BCUT2D eigenvalue weighted by atomic mass is 16.6. The first-order valence-corrected chi connectivity index (χ1v) is 8.16. The number of para-hydroxylation sites is 2. The smallest absolute Gasteiger partial charge is 0.308 e. The molecule has 0 radical (unpaired) electrons. The molecule has 136 valence electrons. The molecule has 7 heteroatoms. The molecular weight excluding hydrogens is 336 g/mol. The van der Waals surface area contributed by atoms with Crippen LogP contribution >= 0.6 is 0 Å². The maximum atomic E-state index is 12.2. The van der Waals surface area contributed by atoms with E-state index in [0.717, 1.165) is 5.56 Å². The summed E-state index contributed by atoms with van der Waals surface area (Å²) in [6.45, 7) is 3.60. The van der Waals surface area contributed by atoms with Crippen LogP contribution in [0.4, 0.5) is 11.4 Å². The topological polar surface area (TPSA) is 98.5 Å². The van der Waals surface area contributed by atoms with Crippen molar-refractivity contribution in [1.29, 1.82) is 0 Å². The molecule has 1 atom stereocenters. The number of nitrogens with zero attached hydrogens (tertiary/aromatic N) is 1. The molecule has 1 N–H and O–H groups in total. The molecule has 0 fully saturated rings. The molecule has 0 saturated carbocycles. The molecule has 0 spiro atoms. The molecule has 0 heterocycles. The quantitative estimate of drug-likeness (QED) is 0.336. The van der Waals surface area contributed by atoms with E-state index in [0.29, 0.717) is 11.3 Å². The first-order valence-electron chi connectivity index (χ1n) is 8.16. The van der Waals surface area contributed by atoms with E-state index in [-0.39, 0.29) is 24.4 Å². The van der Waals surface area contributed by atoms with Crippen molar-refractivity contribution in [3.05, 3.63) is 69.8 Å². The Labute approximate surface area is 151 Å². The number of anilines is 1. The number of Topliss-reactive ketones (excluding diaryl/α,β-unsaturated/α-hetero) is 1. The predicted molar refractivity (Wildman–Crippen MR) is 97.3 cm³/mol. The Hall–Kier alpha value is -3.22. The number of carbonyl (C=O) groups is 2. The van der Waals surface area contributed by atoms with E-state index < -0.39 is 17.0 Å². The fourth-order valence-corrected chi connectivity index (χ4v) is 2.34. The van der Waals surface area contributed by atoms with Crippen LogP contribution in [0.5, 0.6) is 0 Å². The minimum atomic E-state index is -0.892. The van der Waals surface area contributed by atoms with Crippen molar-refractivity contribution in [2.75, 3.05) is 11.9 Å². The van der Waals surface area contributed by atoms with Gasteiger partial charge < -0.3 is 10.1 Å². The standard InChI is InChI=1S/C19H20N2O5/c1-13-7-9-15(10-8-13)19(23)14(2)26-18(22)11-12-20-16-5-3-4-6-17(16)21(24)25/h3-10,14,20H,11-12H2,1-2H3. The summed E-state index contributed by atoms with van der Waals surface area (Å²) in [5, 5.41) is 13.8. The summed E-state index contributed by atoms with van der Waals surface area (Å²) in [6, 6.07) is 13.2. The number of carbonyl (C=O) groups excluding carboxylic acids is 2. The highest BCUT2D eigenvalue weighted by molar-refractivity contribution is 6.00. The van der Waals surface area contributed by atoms with Crippen LogP contribution in [-0.2, 0) is 9.53 Å². The van der Waals surface area contributed by atoms with Crippen LogP contribution in [0.2, 0.25) is 0 Å². The summed E-state index contributed by atoms with van der Waals surface area (Å²) in [5.74, 6) is -0.825. The van der Waals surface area contributed by atoms with Crippen LogP contribution in [-0.4, -0.2) is 29.3 Å². The molecule has 7 nitrogen and oxygen atoms in total. The number of nitro benzene ring substituents is 1. The third kappa shape index (κ3) is 5.14. The number of hydrogen-bond acceptors (Lipinski definition) is 6. The number of ether oxygens (including phenoxy) is 1. The molecule has 0 aliphatic rings. The lowest BCUT2D eigenvalue weighted by Crippen LogP contribution is -2.25. The van der Waals surface area contributed by atoms with Gasteiger partial charge in [0.2, 0.25) is 5.78 Å². The van der Waals surface area contributed by atoms with Gasteiger partial charge in [0.25, 0.3) is 5.69 Å². The molecule has 1 unspecified atom stereocenters. The third-order valence-corrected chi connectivity index (χ3v) is 3.76. The number of esters is 1. The van der Waals surface area contributed by atoms with E-state index >= 15 is 0 Å². The van der Waals surface area contributed by atoms with Gasteiger partial charge >= 0.3 is 5.97 Å². The first-order chi connectivity index (χ1) is 12.4. The molecule has 0 aromatic heterocycles. The average Bonchev–Trinajstić information content (AvgIpc) is 2.62. The van der Waals surface area contributed by atoms with Gasteiger partial charge in [0, 0.05) is 18.2 Å². The summed E-state index contributed by atoms with van der Waals surface area (Å²) in [4.78, 5) is 34.6. The fraction of sp³-hybridized carbons (Fsp3) is 0.263. The van der Waals surface area contributed by atoms with Crippen molar-refractivity contribution < 1.29 is 19.2 Å². The van der Waals surface area contributed by atoms with E-state index in [1.165, 1.54) is 13.0 Å². The second-order valence-electron chi connectivity index (χ2n) is 5.81. The molecule has 0 aliphatic carbocycles. The Morgan fingerprint density at radius 2 is 1.81 bits per heavy atom. The summed E-state index contributed by atoms with van der Waals surface area (Å²) in [7, 11) is 0. The minimum Gasteiger partial charge on any atom is -0.454 e. The van der Waals surface area contributed by atoms with E-state index in [2.05, 4.69) is 5.32 Å². The van der Waals surface area contributed by atoms with Gasteiger partial charge in [-0.3, -0.25) is 19.7 Å². The number of benzene rings is 2. The number of nitrogens with one attached hydrogen (secondary N) is 1. The summed E-state index contributed by atoms with van der Waals surface area (Å²) >= 11 is 0. The number of nitro groups is 1. The number of aryl methyl sites for hydroxylation is 1. The van der Waals surface area contributed by atoms with E-state index in [1.807, 2.05) is 19.1 Å². The van der Waals surface area contributed by atoms with E-state index in [4.69, 9.17) is 4.74 Å². The van der Waals surface area contributed by atoms with Gasteiger partial charge in [-0.2, -0.15) is 0 Å². The van der Waals surface area contributed by atoms with E-state index in [9.17, 15) is 19.7 Å². The molecule has 2 rings (SSSR count). The lowest BCUT2D eigenvalue weighted by molar-refractivity contribution is -0.384. The lowest BCUT2D eigenvalue weighted by Gasteiger charge is -2.13. The second-order valence-corrected chi connectivity index (χ2v) is 5.81. The van der Waals surface area contributed by atoms with Crippen LogP contribution in [0.3, 0.4) is 0 Å². The zero-order valence-corrected chi connectivity index (χ0v) is 14.6. The van der Waals surface area contributed by atoms with E-state index in [1.54, 1.807) is 30.3 Å². The van der Waals surface area contributed by atoms with Crippen molar-refractivity contribution >= 4 is 23.1 Å². The highest BCUT2D eigenvalue weighted by Crippen LogP contribution is 2.22. The highest BCUT2D eigenvalue weighted by Gasteiger charge is 2.19. The molecule has 0 saturated heterocycles. The minimum absolute atomic E-state index is 0.0163. The lowest BCUT2D eigenvalue weighted by atomic mass is 10.1. The van der Waals surface area contributed by atoms with Crippen molar-refractivity contribution in [2.45, 2.75) is 26.4 Å². The van der Waals surface area contributed by atoms with Gasteiger partial charge in [-0.25, -0.2) is 0 Å². The number of hydrogen-bond donors (Lipinski definition) is 1. The third-order valence-electron chi connectivity index (χ3n) is 3.76. The van der Waals surface area contributed by atoms with Crippen LogP contribution in [0.1, 0.15) is 29.3 Å². The molecule has 2 aromatic carbocycles. The van der Waals surface area contributed by atoms with Crippen LogP contribution in [0.15, 0.2) is 48.5 Å². The average molecular weight is 356 g/mol. The maximum absolute atomic E-state index is 12.2. The molecule has 2 aromatic rings. The predicted octanol–water partition coefficient (Wildman–Crippen LogP) is 3.52. The van der Waals surface area contributed by atoms with Crippen molar-refractivity contribution in [2.24, 2.45) is 0 Å². The van der Waals surface area contributed by atoms with Gasteiger partial charge in [0.1, 0.15) is 5.69 Å². The normalized spacial score (nSPS) is 11.5. The Balaban J connectivity index is 1.84. The van der Waals surface area contributed by atoms with Crippen molar-refractivity contribution in [3.8, 4) is 0 Å². The molecule has 26 heavy (non-hydrogen) atoms. The first kappa shape index (κ1) is 19.1. The summed E-state index contributed by atoms with van der Waals surface area (Å²) < 4.78 is 5.15. The molecule has 0 aliphatic heterocycles. The van der Waals surface area contributed by atoms with Crippen LogP contribution < -0.4 is 5.32 Å². The fourth-order valence-electron chi connectivity index (χ4n) is 2.34. The maximum Gasteiger partial charge on any atom is 0.308 e. The van der Waals surface area contributed by atoms with Gasteiger partial charge in [-0.1, -0.05) is 42.0 Å². The molecule has 0 bridgehead atoms. The number of ketones is 1. The van der Waals surface area contributed by atoms with Gasteiger partial charge in [-0.15, -0.1) is 0 Å². The largest absolute Gasteiger partial charge is 0.454 e. The Morgan fingerprint density at radius 1 is 1.15 bits per heavy atom. The van der Waals surface area contributed by atoms with Crippen LogP contribution in [0, 0.1) is 17.0 Å². The van der Waals surface area contributed by atoms with Gasteiger partial charge in [0.15, 0.2) is 6.10 Å². The summed E-state index contributed by atoms with van der Waals surface area (Å²) in [5.41, 5.74) is 1.78. The monoisotopic (exact) mass is 356 g/mol. The van der Waals surface area contributed by atoms with Crippen molar-refractivity contribution in [1.82, 2.24) is 0 Å². The molecule has 0 amide bonds. The number of rotatable bonds is 8. The zero-order valence-electron chi connectivity index (χ0n) is 14.6. The zero-order chi connectivity index (χ0) is 19.1. The Morgan fingerprint density at radius 3 is 2.46 bits per heavy atom.